The first kappa shape index (κ1) is 15.6. The summed E-state index contributed by atoms with van der Waals surface area (Å²) >= 11 is 1.80. The van der Waals surface area contributed by atoms with E-state index in [4.69, 9.17) is 5.11 Å². The van der Waals surface area contributed by atoms with Crippen molar-refractivity contribution in [2.24, 2.45) is 0 Å². The number of nitrogens with zero attached hydrogens (tertiary/aromatic N) is 1. The topological polar surface area (TPSA) is 45.2 Å². The molecular weight excluding hydrogens is 244 g/mol. The Kier molecular flexibility index (Phi) is 5.32. The number of rotatable bonds is 5. The molecule has 1 aromatic rings. The highest BCUT2D eigenvalue weighted by molar-refractivity contribution is 7.12. The van der Waals surface area contributed by atoms with Crippen LogP contribution in [0.15, 0.2) is 0 Å². The molecule has 1 rings (SSSR count). The Morgan fingerprint density at radius 3 is 2.39 bits per heavy atom. The van der Waals surface area contributed by atoms with E-state index in [1.54, 1.807) is 11.3 Å². The second-order valence-electron chi connectivity index (χ2n) is 6.02. The molecule has 0 aromatic carbocycles. The van der Waals surface area contributed by atoms with Crippen LogP contribution in [0.4, 0.5) is 0 Å². The lowest BCUT2D eigenvalue weighted by molar-refractivity contribution is 0.265. The molecule has 1 aromatic heterocycles. The van der Waals surface area contributed by atoms with E-state index < -0.39 is 0 Å². The predicted molar refractivity (Wildman–Crippen MR) is 78.3 cm³/mol. The van der Waals surface area contributed by atoms with E-state index in [9.17, 15) is 0 Å². The van der Waals surface area contributed by atoms with Crippen LogP contribution in [0.5, 0.6) is 0 Å². The van der Waals surface area contributed by atoms with Crippen molar-refractivity contribution in [2.75, 3.05) is 6.61 Å². The van der Waals surface area contributed by atoms with E-state index in [-0.39, 0.29) is 12.0 Å². The fourth-order valence-electron chi connectivity index (χ4n) is 1.91. The first-order chi connectivity index (χ1) is 8.25. The van der Waals surface area contributed by atoms with Gasteiger partial charge >= 0.3 is 0 Å². The summed E-state index contributed by atoms with van der Waals surface area (Å²) in [6.07, 6.45) is 0.786. The number of aliphatic hydroxyl groups excluding tert-OH is 1. The van der Waals surface area contributed by atoms with Crippen molar-refractivity contribution >= 4 is 11.3 Å². The number of aliphatic hydroxyl groups is 1. The van der Waals surface area contributed by atoms with Gasteiger partial charge in [0.25, 0.3) is 0 Å². The normalized spacial score (nSPS) is 15.7. The van der Waals surface area contributed by atoms with Crippen molar-refractivity contribution in [3.63, 3.8) is 0 Å². The number of hydrogen-bond acceptors (Lipinski definition) is 4. The van der Waals surface area contributed by atoms with Crippen LogP contribution in [0.2, 0.25) is 0 Å². The standard InChI is InChI=1S/C14H26N2OS/c1-9(7-8-17)15-10(2)12-11(3)16-13(18-12)14(4,5)6/h9-10,15,17H,7-8H2,1-6H3. The van der Waals surface area contributed by atoms with Crippen molar-refractivity contribution in [2.45, 2.75) is 65.5 Å². The highest BCUT2D eigenvalue weighted by atomic mass is 32.1. The largest absolute Gasteiger partial charge is 0.396 e. The lowest BCUT2D eigenvalue weighted by atomic mass is 9.98. The highest BCUT2D eigenvalue weighted by Crippen LogP contribution is 2.32. The van der Waals surface area contributed by atoms with Gasteiger partial charge in [0.15, 0.2) is 0 Å². The number of aryl methyl sites for hydroxylation is 1. The van der Waals surface area contributed by atoms with Crippen LogP contribution in [0, 0.1) is 6.92 Å². The molecule has 0 aliphatic carbocycles. The Balaban J connectivity index is 2.80. The zero-order valence-electron chi connectivity index (χ0n) is 12.4. The Morgan fingerprint density at radius 1 is 1.33 bits per heavy atom. The summed E-state index contributed by atoms with van der Waals surface area (Å²) in [5.74, 6) is 0. The van der Waals surface area contributed by atoms with Crippen LogP contribution < -0.4 is 5.32 Å². The summed E-state index contributed by atoms with van der Waals surface area (Å²) in [5, 5.41) is 13.6. The summed E-state index contributed by atoms with van der Waals surface area (Å²) in [6.45, 7) is 13.2. The Bertz CT molecular complexity index is 382. The molecule has 2 unspecified atom stereocenters. The zero-order chi connectivity index (χ0) is 13.9. The smallest absolute Gasteiger partial charge is 0.0985 e. The molecule has 2 atom stereocenters. The van der Waals surface area contributed by atoms with Crippen LogP contribution >= 0.6 is 11.3 Å². The number of aromatic nitrogens is 1. The fourth-order valence-corrected chi connectivity index (χ4v) is 3.05. The predicted octanol–water partition coefficient (Wildman–Crippen LogP) is 3.17. The summed E-state index contributed by atoms with van der Waals surface area (Å²) in [5.41, 5.74) is 1.24. The van der Waals surface area contributed by atoms with Gasteiger partial charge in [-0.25, -0.2) is 4.98 Å². The molecule has 18 heavy (non-hydrogen) atoms. The molecule has 3 nitrogen and oxygen atoms in total. The van der Waals surface area contributed by atoms with Crippen molar-refractivity contribution in [1.29, 1.82) is 0 Å². The first-order valence-corrected chi connectivity index (χ1v) is 7.42. The van der Waals surface area contributed by atoms with Gasteiger partial charge in [-0.2, -0.15) is 0 Å². The van der Waals surface area contributed by atoms with Gasteiger partial charge in [0, 0.05) is 29.0 Å². The molecule has 0 saturated carbocycles. The van der Waals surface area contributed by atoms with Gasteiger partial charge in [0.2, 0.25) is 0 Å². The number of hydrogen-bond donors (Lipinski definition) is 2. The quantitative estimate of drug-likeness (QED) is 0.864. The summed E-state index contributed by atoms with van der Waals surface area (Å²) in [7, 11) is 0. The molecule has 0 aliphatic heterocycles. The van der Waals surface area contributed by atoms with Gasteiger partial charge in [-0.1, -0.05) is 20.8 Å². The maximum absolute atomic E-state index is 8.94. The number of nitrogens with one attached hydrogen (secondary N) is 1. The lowest BCUT2D eigenvalue weighted by Gasteiger charge is -2.19. The Labute approximate surface area is 115 Å². The van der Waals surface area contributed by atoms with E-state index >= 15 is 0 Å². The van der Waals surface area contributed by atoms with Gasteiger partial charge in [-0.15, -0.1) is 11.3 Å². The minimum absolute atomic E-state index is 0.115. The molecule has 0 fully saturated rings. The van der Waals surface area contributed by atoms with Crippen molar-refractivity contribution in [3.05, 3.63) is 15.6 Å². The molecule has 0 spiro atoms. The summed E-state index contributed by atoms with van der Waals surface area (Å²) in [4.78, 5) is 6.00. The van der Waals surface area contributed by atoms with E-state index in [0.717, 1.165) is 12.1 Å². The van der Waals surface area contributed by atoms with Crippen LogP contribution in [0.25, 0.3) is 0 Å². The van der Waals surface area contributed by atoms with E-state index in [2.05, 4.69) is 51.8 Å². The van der Waals surface area contributed by atoms with E-state index in [0.29, 0.717) is 12.1 Å². The minimum Gasteiger partial charge on any atom is -0.396 e. The summed E-state index contributed by atoms with van der Waals surface area (Å²) in [6, 6.07) is 0.615. The molecule has 4 heteroatoms. The molecule has 0 radical (unpaired) electrons. The third kappa shape index (κ3) is 4.04. The minimum atomic E-state index is 0.115. The highest BCUT2D eigenvalue weighted by Gasteiger charge is 2.22. The number of thiazole rings is 1. The van der Waals surface area contributed by atoms with Crippen molar-refractivity contribution in [3.8, 4) is 0 Å². The van der Waals surface area contributed by atoms with Crippen LogP contribution in [-0.4, -0.2) is 22.7 Å². The molecule has 1 heterocycles. The van der Waals surface area contributed by atoms with Gasteiger partial charge in [0.05, 0.1) is 10.7 Å². The van der Waals surface area contributed by atoms with Crippen LogP contribution in [0.3, 0.4) is 0 Å². The Hall–Kier alpha value is -0.450. The van der Waals surface area contributed by atoms with Gasteiger partial charge in [-0.3, -0.25) is 0 Å². The maximum atomic E-state index is 8.94. The molecule has 0 aliphatic rings. The molecule has 0 bridgehead atoms. The third-order valence-electron chi connectivity index (χ3n) is 2.96. The lowest BCUT2D eigenvalue weighted by Crippen LogP contribution is -2.29. The second-order valence-corrected chi connectivity index (χ2v) is 7.05. The molecule has 0 amide bonds. The van der Waals surface area contributed by atoms with Crippen molar-refractivity contribution < 1.29 is 5.11 Å². The van der Waals surface area contributed by atoms with E-state index in [1.807, 2.05) is 0 Å². The second kappa shape index (κ2) is 6.13. The first-order valence-electron chi connectivity index (χ1n) is 6.60. The molecule has 104 valence electrons. The Morgan fingerprint density at radius 2 is 1.94 bits per heavy atom. The SMILES string of the molecule is Cc1nc(C(C)(C)C)sc1C(C)NC(C)CCO. The zero-order valence-corrected chi connectivity index (χ0v) is 13.2. The monoisotopic (exact) mass is 270 g/mol. The van der Waals surface area contributed by atoms with E-state index in [1.165, 1.54) is 9.88 Å². The van der Waals surface area contributed by atoms with Gasteiger partial charge < -0.3 is 10.4 Å². The molecule has 2 N–H and O–H groups in total. The maximum Gasteiger partial charge on any atom is 0.0985 e. The average Bonchev–Trinajstić information content (AvgIpc) is 2.60. The van der Waals surface area contributed by atoms with Crippen LogP contribution in [0.1, 0.15) is 62.7 Å². The molecular formula is C14H26N2OS. The molecule has 0 saturated heterocycles. The van der Waals surface area contributed by atoms with Gasteiger partial charge in [-0.05, 0) is 27.2 Å². The fraction of sp³-hybridized carbons (Fsp3) is 0.786. The third-order valence-corrected chi connectivity index (χ3v) is 4.73. The van der Waals surface area contributed by atoms with Gasteiger partial charge in [0.1, 0.15) is 0 Å². The average molecular weight is 270 g/mol. The van der Waals surface area contributed by atoms with Crippen LogP contribution in [-0.2, 0) is 5.41 Å². The summed E-state index contributed by atoms with van der Waals surface area (Å²) < 4.78 is 0. The van der Waals surface area contributed by atoms with Crippen molar-refractivity contribution in [1.82, 2.24) is 10.3 Å².